The molecular formula is C16H25N3O2. The van der Waals surface area contributed by atoms with Gasteiger partial charge in [0.15, 0.2) is 0 Å². The van der Waals surface area contributed by atoms with E-state index >= 15 is 0 Å². The molecule has 5 N–H and O–H groups in total. The highest BCUT2D eigenvalue weighted by molar-refractivity contribution is 5.82. The molecule has 0 radical (unpaired) electrons. The van der Waals surface area contributed by atoms with Crippen LogP contribution < -0.4 is 16.6 Å². The molecule has 5 nitrogen and oxygen atoms in total. The minimum Gasteiger partial charge on any atom is -0.382 e. The lowest BCUT2D eigenvalue weighted by Gasteiger charge is -2.26. The maximum absolute atomic E-state index is 11.9. The van der Waals surface area contributed by atoms with E-state index in [1.807, 2.05) is 30.3 Å². The van der Waals surface area contributed by atoms with Crippen LogP contribution in [0.5, 0.6) is 0 Å². The zero-order valence-corrected chi connectivity index (χ0v) is 12.3. The van der Waals surface area contributed by atoms with Crippen LogP contribution >= 0.6 is 0 Å². The van der Waals surface area contributed by atoms with Gasteiger partial charge in [-0.1, -0.05) is 50.3 Å². The summed E-state index contributed by atoms with van der Waals surface area (Å²) in [4.78, 5) is 11.9. The topological polar surface area (TPSA) is 87.4 Å². The minimum absolute atomic E-state index is 0.484. The standard InChI is InChI=1S/C16H25N3O2/c17-14(11-12-7-3-1-4-8-12)15(20)16(21)19-18-13-9-5-2-6-10-13/h2,5-6,9-10,12,14-15,18,20H,1,3-4,7-8,11,17H2,(H,19,21)/t14-,15?/m1/s1. The first-order chi connectivity index (χ1) is 10.2. The molecule has 0 aliphatic heterocycles. The molecule has 0 aromatic heterocycles. The molecule has 1 aromatic rings. The second-order valence-electron chi connectivity index (χ2n) is 5.83. The minimum atomic E-state index is -1.18. The third kappa shape index (κ3) is 5.02. The number of aliphatic hydroxyl groups excluding tert-OH is 1. The highest BCUT2D eigenvalue weighted by Gasteiger charge is 2.26. The summed E-state index contributed by atoms with van der Waals surface area (Å²) in [6, 6.07) is 8.76. The van der Waals surface area contributed by atoms with Gasteiger partial charge in [-0.3, -0.25) is 15.6 Å². The molecule has 116 valence electrons. The lowest BCUT2D eigenvalue weighted by molar-refractivity contribution is -0.130. The van der Waals surface area contributed by atoms with E-state index in [0.717, 1.165) is 18.5 Å². The summed E-state index contributed by atoms with van der Waals surface area (Å²) in [6.45, 7) is 0. The first kappa shape index (κ1) is 15.8. The largest absolute Gasteiger partial charge is 0.382 e. The third-order valence-electron chi connectivity index (χ3n) is 4.11. The average molecular weight is 291 g/mol. The van der Waals surface area contributed by atoms with Crippen LogP contribution in [0.2, 0.25) is 0 Å². The van der Waals surface area contributed by atoms with Crippen LogP contribution in [0.4, 0.5) is 5.69 Å². The van der Waals surface area contributed by atoms with Gasteiger partial charge in [0, 0.05) is 6.04 Å². The zero-order chi connectivity index (χ0) is 15.1. The van der Waals surface area contributed by atoms with Gasteiger partial charge in [0.2, 0.25) is 0 Å². The lowest BCUT2D eigenvalue weighted by atomic mass is 9.84. The monoisotopic (exact) mass is 291 g/mol. The number of rotatable bonds is 6. The molecule has 1 fully saturated rings. The number of hydrogen-bond acceptors (Lipinski definition) is 4. The van der Waals surface area contributed by atoms with E-state index in [2.05, 4.69) is 10.9 Å². The van der Waals surface area contributed by atoms with Crippen LogP contribution in [0.3, 0.4) is 0 Å². The molecule has 0 bridgehead atoms. The summed E-state index contributed by atoms with van der Waals surface area (Å²) < 4.78 is 0. The zero-order valence-electron chi connectivity index (χ0n) is 12.3. The molecule has 1 amide bonds. The lowest BCUT2D eigenvalue weighted by Crippen LogP contribution is -2.48. The van der Waals surface area contributed by atoms with Crippen molar-refractivity contribution >= 4 is 11.6 Å². The molecule has 1 aromatic carbocycles. The second kappa shape index (κ2) is 8.00. The van der Waals surface area contributed by atoms with E-state index in [9.17, 15) is 9.90 Å². The van der Waals surface area contributed by atoms with E-state index in [1.54, 1.807) is 0 Å². The van der Waals surface area contributed by atoms with Crippen molar-refractivity contribution in [2.45, 2.75) is 50.7 Å². The molecule has 2 rings (SSSR count). The van der Waals surface area contributed by atoms with Gasteiger partial charge in [-0.2, -0.15) is 0 Å². The Bertz CT molecular complexity index is 432. The van der Waals surface area contributed by atoms with E-state index in [1.165, 1.54) is 19.3 Å². The predicted molar refractivity (Wildman–Crippen MR) is 83.4 cm³/mol. The highest BCUT2D eigenvalue weighted by atomic mass is 16.3. The highest BCUT2D eigenvalue weighted by Crippen LogP contribution is 2.27. The van der Waals surface area contributed by atoms with E-state index < -0.39 is 18.1 Å². The van der Waals surface area contributed by atoms with Crippen molar-refractivity contribution in [3.8, 4) is 0 Å². The van der Waals surface area contributed by atoms with Crippen LogP contribution in [0.15, 0.2) is 30.3 Å². The van der Waals surface area contributed by atoms with Crippen LogP contribution in [0.25, 0.3) is 0 Å². The Hall–Kier alpha value is -1.59. The van der Waals surface area contributed by atoms with Gasteiger partial charge in [-0.05, 0) is 24.5 Å². The number of aliphatic hydroxyl groups is 1. The van der Waals surface area contributed by atoms with Crippen LogP contribution in [-0.2, 0) is 4.79 Å². The van der Waals surface area contributed by atoms with Gasteiger partial charge < -0.3 is 10.8 Å². The number of hydrazine groups is 1. The first-order valence-corrected chi connectivity index (χ1v) is 7.71. The number of carbonyl (C=O) groups excluding carboxylic acids is 1. The Labute approximate surface area is 125 Å². The Morgan fingerprint density at radius 2 is 1.90 bits per heavy atom. The van der Waals surface area contributed by atoms with Gasteiger partial charge in [-0.15, -0.1) is 0 Å². The number of amides is 1. The number of nitrogens with one attached hydrogen (secondary N) is 2. The van der Waals surface area contributed by atoms with Crippen molar-refractivity contribution < 1.29 is 9.90 Å². The molecule has 5 heteroatoms. The molecular weight excluding hydrogens is 266 g/mol. The number of carbonyl (C=O) groups is 1. The summed E-state index contributed by atoms with van der Waals surface area (Å²) in [5, 5.41) is 10.0. The fourth-order valence-electron chi connectivity index (χ4n) is 2.86. The van der Waals surface area contributed by atoms with Crippen molar-refractivity contribution in [3.05, 3.63) is 30.3 Å². The SMILES string of the molecule is N[C@H](CC1CCCCC1)C(O)C(=O)NNc1ccccc1. The Morgan fingerprint density at radius 3 is 2.57 bits per heavy atom. The van der Waals surface area contributed by atoms with Gasteiger partial charge in [0.25, 0.3) is 5.91 Å². The molecule has 1 aliphatic rings. The smallest absolute Gasteiger partial charge is 0.268 e. The normalized spacial score (nSPS) is 18.8. The van der Waals surface area contributed by atoms with Crippen molar-refractivity contribution in [2.24, 2.45) is 11.7 Å². The Morgan fingerprint density at radius 1 is 1.24 bits per heavy atom. The second-order valence-corrected chi connectivity index (χ2v) is 5.83. The molecule has 2 atom stereocenters. The van der Waals surface area contributed by atoms with E-state index in [4.69, 9.17) is 5.73 Å². The first-order valence-electron chi connectivity index (χ1n) is 7.71. The fraction of sp³-hybridized carbons (Fsp3) is 0.562. The maximum atomic E-state index is 11.9. The molecule has 1 aliphatic carbocycles. The van der Waals surface area contributed by atoms with Gasteiger partial charge in [-0.25, -0.2) is 0 Å². The van der Waals surface area contributed by atoms with E-state index in [0.29, 0.717) is 12.3 Å². The number of para-hydroxylation sites is 1. The van der Waals surface area contributed by atoms with Crippen molar-refractivity contribution in [1.82, 2.24) is 5.43 Å². The Kier molecular flexibility index (Phi) is 6.02. The van der Waals surface area contributed by atoms with Crippen molar-refractivity contribution in [2.75, 3.05) is 5.43 Å². The predicted octanol–water partition coefficient (Wildman–Crippen LogP) is 1.79. The van der Waals surface area contributed by atoms with Crippen molar-refractivity contribution in [1.29, 1.82) is 0 Å². The maximum Gasteiger partial charge on any atom is 0.268 e. The Balaban J connectivity index is 1.75. The van der Waals surface area contributed by atoms with Crippen LogP contribution in [0, 0.1) is 5.92 Å². The van der Waals surface area contributed by atoms with Crippen LogP contribution in [-0.4, -0.2) is 23.2 Å². The number of hydrogen-bond donors (Lipinski definition) is 4. The summed E-state index contributed by atoms with van der Waals surface area (Å²) in [5.74, 6) is 0.0560. The van der Waals surface area contributed by atoms with Gasteiger partial charge >= 0.3 is 0 Å². The van der Waals surface area contributed by atoms with Gasteiger partial charge in [0.05, 0.1) is 5.69 Å². The van der Waals surface area contributed by atoms with Crippen molar-refractivity contribution in [3.63, 3.8) is 0 Å². The average Bonchev–Trinajstić information content (AvgIpc) is 2.53. The fourth-order valence-corrected chi connectivity index (χ4v) is 2.86. The number of nitrogens with two attached hydrogens (primary N) is 1. The quantitative estimate of drug-likeness (QED) is 0.602. The number of benzene rings is 1. The third-order valence-corrected chi connectivity index (χ3v) is 4.11. The molecule has 1 unspecified atom stereocenters. The molecule has 0 spiro atoms. The summed E-state index contributed by atoms with van der Waals surface area (Å²) in [6.07, 6.45) is 5.59. The summed E-state index contributed by atoms with van der Waals surface area (Å²) >= 11 is 0. The molecule has 21 heavy (non-hydrogen) atoms. The molecule has 1 saturated carbocycles. The molecule has 0 heterocycles. The van der Waals surface area contributed by atoms with Gasteiger partial charge in [0.1, 0.15) is 6.10 Å². The summed E-state index contributed by atoms with van der Waals surface area (Å²) in [7, 11) is 0. The van der Waals surface area contributed by atoms with Crippen LogP contribution in [0.1, 0.15) is 38.5 Å². The molecule has 0 saturated heterocycles. The van der Waals surface area contributed by atoms with E-state index in [-0.39, 0.29) is 0 Å². The number of anilines is 1. The summed E-state index contributed by atoms with van der Waals surface area (Å²) in [5.41, 5.74) is 12.0.